The standard InChI is InChI=1S/C22H28N4O3/c1-16-5-4-6-17(11-16)12-24-10-9-22(14-24)15-25-19(13-29-22)23-26(21(28)20(25)27)18-7-2-3-8-18/h4-6,11,18H,2-3,7-10,12-15H2,1H3. The highest BCUT2D eigenvalue weighted by atomic mass is 16.5. The summed E-state index contributed by atoms with van der Waals surface area (Å²) in [5.41, 5.74) is 1.22. The first-order valence-corrected chi connectivity index (χ1v) is 10.7. The van der Waals surface area contributed by atoms with Crippen molar-refractivity contribution in [2.75, 3.05) is 13.1 Å². The maximum atomic E-state index is 12.9. The molecule has 0 amide bonds. The minimum absolute atomic E-state index is 0.0632. The zero-order valence-electron chi connectivity index (χ0n) is 17.0. The molecule has 0 N–H and O–H groups in total. The third-order valence-corrected chi connectivity index (χ3v) is 6.68. The summed E-state index contributed by atoms with van der Waals surface area (Å²) >= 11 is 0. The third-order valence-electron chi connectivity index (χ3n) is 6.68. The first-order valence-electron chi connectivity index (χ1n) is 10.7. The average molecular weight is 396 g/mol. The predicted octanol–water partition coefficient (Wildman–Crippen LogP) is 2.00. The maximum absolute atomic E-state index is 12.9. The molecule has 1 aromatic heterocycles. The molecule has 2 fully saturated rings. The minimum atomic E-state index is -0.479. The molecular formula is C22H28N4O3. The van der Waals surface area contributed by atoms with Crippen molar-refractivity contribution in [3.05, 3.63) is 61.9 Å². The Kier molecular flexibility index (Phi) is 4.67. The molecular weight excluding hydrogens is 368 g/mol. The second-order valence-corrected chi connectivity index (χ2v) is 8.92. The fraction of sp³-hybridized carbons (Fsp3) is 0.591. The SMILES string of the molecule is Cc1cccc(CN2CCC3(C2)Cn2c(nn(C4CCCC4)c(=O)c2=O)CO3)c1. The smallest absolute Gasteiger partial charge is 0.332 e. The van der Waals surface area contributed by atoms with Crippen LogP contribution in [-0.4, -0.2) is 37.9 Å². The van der Waals surface area contributed by atoms with Crippen LogP contribution in [0.3, 0.4) is 0 Å². The molecule has 3 heterocycles. The summed E-state index contributed by atoms with van der Waals surface area (Å²) in [7, 11) is 0. The number of nitrogens with zero attached hydrogens (tertiary/aromatic N) is 4. The van der Waals surface area contributed by atoms with E-state index >= 15 is 0 Å². The fourth-order valence-electron chi connectivity index (χ4n) is 5.15. The number of hydrogen-bond acceptors (Lipinski definition) is 5. The van der Waals surface area contributed by atoms with Crippen LogP contribution in [0.5, 0.6) is 0 Å². The summed E-state index contributed by atoms with van der Waals surface area (Å²) < 4.78 is 9.29. The molecule has 7 nitrogen and oxygen atoms in total. The number of benzene rings is 1. The van der Waals surface area contributed by atoms with Gasteiger partial charge < -0.3 is 4.74 Å². The molecule has 1 aliphatic carbocycles. The normalized spacial score (nSPS) is 25.0. The quantitative estimate of drug-likeness (QED) is 0.743. The predicted molar refractivity (Wildman–Crippen MR) is 109 cm³/mol. The fourth-order valence-corrected chi connectivity index (χ4v) is 5.15. The number of likely N-dealkylation sites (tertiary alicyclic amines) is 1. The van der Waals surface area contributed by atoms with Crippen LogP contribution >= 0.6 is 0 Å². The summed E-state index contributed by atoms with van der Waals surface area (Å²) in [6.45, 7) is 5.37. The Bertz CT molecular complexity index is 1040. The Morgan fingerprint density at radius 2 is 2.00 bits per heavy atom. The van der Waals surface area contributed by atoms with Crippen LogP contribution in [0.2, 0.25) is 0 Å². The molecule has 1 aromatic carbocycles. The van der Waals surface area contributed by atoms with Crippen molar-refractivity contribution in [1.82, 2.24) is 19.2 Å². The van der Waals surface area contributed by atoms with Crippen LogP contribution < -0.4 is 11.1 Å². The summed E-state index contributed by atoms with van der Waals surface area (Å²) in [6, 6.07) is 8.61. The minimum Gasteiger partial charge on any atom is -0.364 e. The van der Waals surface area contributed by atoms with E-state index in [4.69, 9.17) is 4.74 Å². The third kappa shape index (κ3) is 3.46. The van der Waals surface area contributed by atoms with Crippen molar-refractivity contribution in [3.8, 4) is 0 Å². The molecule has 5 rings (SSSR count). The lowest BCUT2D eigenvalue weighted by Crippen LogP contribution is -2.53. The average Bonchev–Trinajstić information content (AvgIpc) is 3.36. The molecule has 154 valence electrons. The van der Waals surface area contributed by atoms with E-state index in [1.54, 1.807) is 4.57 Å². The van der Waals surface area contributed by atoms with Gasteiger partial charge in [-0.3, -0.25) is 19.1 Å². The van der Waals surface area contributed by atoms with Crippen LogP contribution in [0.25, 0.3) is 0 Å². The van der Waals surface area contributed by atoms with Gasteiger partial charge >= 0.3 is 11.1 Å². The Morgan fingerprint density at radius 1 is 1.17 bits per heavy atom. The molecule has 0 bridgehead atoms. The van der Waals surface area contributed by atoms with Gasteiger partial charge in [-0.25, -0.2) is 4.68 Å². The van der Waals surface area contributed by atoms with Crippen LogP contribution in [-0.2, 0) is 24.4 Å². The first kappa shape index (κ1) is 18.8. The topological polar surface area (TPSA) is 69.4 Å². The van der Waals surface area contributed by atoms with Gasteiger partial charge in [0.05, 0.1) is 12.6 Å². The molecule has 2 aliphatic heterocycles. The summed E-state index contributed by atoms with van der Waals surface area (Å²) in [5.74, 6) is 0.587. The van der Waals surface area contributed by atoms with Crippen molar-refractivity contribution < 1.29 is 4.74 Å². The van der Waals surface area contributed by atoms with E-state index < -0.39 is 16.7 Å². The van der Waals surface area contributed by atoms with Crippen LogP contribution in [0.4, 0.5) is 0 Å². The van der Waals surface area contributed by atoms with Crippen molar-refractivity contribution in [1.29, 1.82) is 0 Å². The van der Waals surface area contributed by atoms with E-state index in [2.05, 4.69) is 41.2 Å². The summed E-state index contributed by atoms with van der Waals surface area (Å²) in [6.07, 6.45) is 4.89. The van der Waals surface area contributed by atoms with Crippen molar-refractivity contribution >= 4 is 0 Å². The Hall–Kier alpha value is -2.25. The highest BCUT2D eigenvalue weighted by Gasteiger charge is 2.43. The molecule has 29 heavy (non-hydrogen) atoms. The first-order chi connectivity index (χ1) is 14.0. The highest BCUT2D eigenvalue weighted by Crippen LogP contribution is 2.32. The Morgan fingerprint density at radius 3 is 2.79 bits per heavy atom. The zero-order chi connectivity index (χ0) is 20.0. The van der Waals surface area contributed by atoms with Gasteiger partial charge in [-0.15, -0.1) is 0 Å². The van der Waals surface area contributed by atoms with E-state index in [1.165, 1.54) is 15.8 Å². The number of fused-ring (bicyclic) bond motifs is 1. The summed E-state index contributed by atoms with van der Waals surface area (Å²) in [5, 5.41) is 4.54. The summed E-state index contributed by atoms with van der Waals surface area (Å²) in [4.78, 5) is 27.9. The van der Waals surface area contributed by atoms with E-state index in [9.17, 15) is 9.59 Å². The van der Waals surface area contributed by atoms with Gasteiger partial charge in [0.1, 0.15) is 12.2 Å². The Labute approximate surface area is 169 Å². The van der Waals surface area contributed by atoms with Gasteiger partial charge in [-0.1, -0.05) is 42.7 Å². The molecule has 1 unspecified atom stereocenters. The van der Waals surface area contributed by atoms with E-state index in [-0.39, 0.29) is 6.04 Å². The molecule has 1 spiro atoms. The van der Waals surface area contributed by atoms with E-state index in [1.807, 2.05) is 0 Å². The number of hydrogen-bond donors (Lipinski definition) is 0. The second kappa shape index (κ2) is 7.22. The molecule has 7 heteroatoms. The maximum Gasteiger partial charge on any atom is 0.332 e. The van der Waals surface area contributed by atoms with Gasteiger partial charge in [0.25, 0.3) is 0 Å². The molecule has 1 atom stereocenters. The molecule has 0 radical (unpaired) electrons. The number of aryl methyl sites for hydroxylation is 1. The zero-order valence-corrected chi connectivity index (χ0v) is 17.0. The lowest BCUT2D eigenvalue weighted by molar-refractivity contribution is -0.0860. The molecule has 2 aromatic rings. The van der Waals surface area contributed by atoms with E-state index in [0.717, 1.165) is 51.7 Å². The van der Waals surface area contributed by atoms with E-state index in [0.29, 0.717) is 19.0 Å². The van der Waals surface area contributed by atoms with Gasteiger partial charge in [0, 0.05) is 19.6 Å². The monoisotopic (exact) mass is 396 g/mol. The second-order valence-electron chi connectivity index (χ2n) is 8.92. The number of ether oxygens (including phenoxy) is 1. The Balaban J connectivity index is 1.36. The van der Waals surface area contributed by atoms with Crippen molar-refractivity contribution in [2.45, 2.75) is 70.4 Å². The van der Waals surface area contributed by atoms with Gasteiger partial charge in [0.15, 0.2) is 5.82 Å². The highest BCUT2D eigenvalue weighted by molar-refractivity contribution is 5.22. The van der Waals surface area contributed by atoms with Gasteiger partial charge in [0.2, 0.25) is 0 Å². The van der Waals surface area contributed by atoms with Gasteiger partial charge in [-0.05, 0) is 31.7 Å². The number of rotatable bonds is 3. The van der Waals surface area contributed by atoms with Crippen LogP contribution in [0, 0.1) is 6.92 Å². The van der Waals surface area contributed by atoms with Crippen molar-refractivity contribution in [2.24, 2.45) is 0 Å². The molecule has 3 aliphatic rings. The lowest BCUT2D eigenvalue weighted by Gasteiger charge is -2.35. The van der Waals surface area contributed by atoms with Gasteiger partial charge in [-0.2, -0.15) is 5.10 Å². The largest absolute Gasteiger partial charge is 0.364 e. The van der Waals surface area contributed by atoms with Crippen molar-refractivity contribution in [3.63, 3.8) is 0 Å². The molecule has 1 saturated heterocycles. The molecule has 1 saturated carbocycles. The lowest BCUT2D eigenvalue weighted by atomic mass is 10.0. The number of aromatic nitrogens is 3. The van der Waals surface area contributed by atoms with Crippen LogP contribution in [0.15, 0.2) is 33.9 Å². The van der Waals surface area contributed by atoms with Crippen LogP contribution in [0.1, 0.15) is 55.1 Å².